The topological polar surface area (TPSA) is 111 Å². The van der Waals surface area contributed by atoms with E-state index in [2.05, 4.69) is 20.9 Å². The first kappa shape index (κ1) is 29.4. The predicted octanol–water partition coefficient (Wildman–Crippen LogP) is 5.81. The molecule has 0 bridgehead atoms. The van der Waals surface area contributed by atoms with Crippen molar-refractivity contribution in [1.29, 1.82) is 0 Å². The summed E-state index contributed by atoms with van der Waals surface area (Å²) in [5.41, 5.74) is 3.80. The van der Waals surface area contributed by atoms with Crippen molar-refractivity contribution in [3.05, 3.63) is 91.9 Å². The molecule has 0 unspecified atom stereocenters. The van der Waals surface area contributed by atoms with Gasteiger partial charge in [-0.2, -0.15) is 0 Å². The standard InChI is InChI=1S/C32H33BrN2O5S/c1-2-19-16-24-30(32(40)35(31(24)39)17-23-6-5-13-41-23)25(18-36)29(19)28(38)10-8-20(26-7-3-4-12-34-26)14-21-15-22(33)9-11-27(21)37/h3-7,9,11-15,24-25,28,30,36-38H,2,8,10,16-18H2,1H3/b20-14-/t24-,25+,28-,30-/m1/s1. The Morgan fingerprint density at radius 2 is 2.02 bits per heavy atom. The first-order valence-corrected chi connectivity index (χ1v) is 15.5. The minimum atomic E-state index is -0.916. The molecular formula is C32H33BrN2O5S. The fourth-order valence-corrected chi connectivity index (χ4v) is 7.25. The van der Waals surface area contributed by atoms with Crippen LogP contribution in [-0.4, -0.2) is 49.7 Å². The number of aliphatic hydroxyl groups is 2. The van der Waals surface area contributed by atoms with Crippen molar-refractivity contribution in [2.24, 2.45) is 17.8 Å². The third-order valence-corrected chi connectivity index (χ3v) is 9.51. The highest BCUT2D eigenvalue weighted by Crippen LogP contribution is 2.47. The van der Waals surface area contributed by atoms with Crippen LogP contribution in [0.25, 0.3) is 11.6 Å². The Morgan fingerprint density at radius 3 is 2.71 bits per heavy atom. The van der Waals surface area contributed by atoms with Crippen LogP contribution in [0.4, 0.5) is 0 Å². The first-order chi connectivity index (χ1) is 19.8. The number of aromatic nitrogens is 1. The Balaban J connectivity index is 1.41. The van der Waals surface area contributed by atoms with Gasteiger partial charge in [-0.25, -0.2) is 0 Å². The van der Waals surface area contributed by atoms with Crippen LogP contribution in [0.2, 0.25) is 0 Å². The van der Waals surface area contributed by atoms with Gasteiger partial charge in [0.15, 0.2) is 0 Å². The number of imide groups is 1. The molecule has 1 aliphatic heterocycles. The number of carbonyl (C=O) groups is 2. The van der Waals surface area contributed by atoms with E-state index in [4.69, 9.17) is 0 Å². The van der Waals surface area contributed by atoms with Crippen LogP contribution in [-0.2, 0) is 16.1 Å². The Hall–Kier alpha value is -3.11. The minimum absolute atomic E-state index is 0.133. The van der Waals surface area contributed by atoms with Crippen LogP contribution in [0.15, 0.2) is 75.7 Å². The zero-order valence-electron chi connectivity index (χ0n) is 22.7. The molecular weight excluding hydrogens is 604 g/mol. The lowest BCUT2D eigenvalue weighted by atomic mass is 9.67. The van der Waals surface area contributed by atoms with Gasteiger partial charge >= 0.3 is 0 Å². The molecule has 3 aromatic rings. The van der Waals surface area contributed by atoms with Crippen LogP contribution in [0.3, 0.4) is 0 Å². The van der Waals surface area contributed by atoms with E-state index < -0.39 is 23.9 Å². The molecule has 5 rings (SSSR count). The molecule has 1 fully saturated rings. The van der Waals surface area contributed by atoms with Crippen molar-refractivity contribution >= 4 is 50.7 Å². The van der Waals surface area contributed by atoms with E-state index in [-0.39, 0.29) is 30.7 Å². The summed E-state index contributed by atoms with van der Waals surface area (Å²) in [6.45, 7) is 1.90. The number of likely N-dealkylation sites (tertiary alicyclic amines) is 1. The van der Waals surface area contributed by atoms with Gasteiger partial charge in [-0.3, -0.25) is 19.5 Å². The van der Waals surface area contributed by atoms with Crippen molar-refractivity contribution in [1.82, 2.24) is 9.88 Å². The molecule has 1 aliphatic carbocycles. The lowest BCUT2D eigenvalue weighted by Crippen LogP contribution is -2.39. The summed E-state index contributed by atoms with van der Waals surface area (Å²) in [5, 5.41) is 34.5. The molecule has 2 aromatic heterocycles. The Kier molecular flexibility index (Phi) is 9.19. The molecule has 2 aliphatic rings. The molecule has 0 saturated carbocycles. The Bertz CT molecular complexity index is 1470. The van der Waals surface area contributed by atoms with Crippen LogP contribution in [0, 0.1) is 17.8 Å². The highest BCUT2D eigenvalue weighted by atomic mass is 79.9. The van der Waals surface area contributed by atoms with Gasteiger partial charge in [0, 0.05) is 27.0 Å². The Morgan fingerprint density at radius 1 is 1.20 bits per heavy atom. The van der Waals surface area contributed by atoms with Gasteiger partial charge in [0.1, 0.15) is 5.75 Å². The number of aliphatic hydroxyl groups excluding tert-OH is 2. The number of phenols is 1. The van der Waals surface area contributed by atoms with Gasteiger partial charge < -0.3 is 15.3 Å². The van der Waals surface area contributed by atoms with E-state index in [9.17, 15) is 24.9 Å². The number of thiophene rings is 1. The second kappa shape index (κ2) is 12.8. The van der Waals surface area contributed by atoms with Crippen molar-refractivity contribution in [3.63, 3.8) is 0 Å². The summed E-state index contributed by atoms with van der Waals surface area (Å²) in [6.07, 6.45) is 4.44. The molecule has 0 spiro atoms. The summed E-state index contributed by atoms with van der Waals surface area (Å²) in [5.74, 6) is -2.16. The number of fused-ring (bicyclic) bond motifs is 1. The van der Waals surface area contributed by atoms with Crippen molar-refractivity contribution in [3.8, 4) is 5.75 Å². The molecule has 3 heterocycles. The molecule has 0 radical (unpaired) electrons. The normalized spacial score (nSPS) is 21.9. The second-order valence-corrected chi connectivity index (χ2v) is 12.5. The van der Waals surface area contributed by atoms with E-state index in [1.807, 2.05) is 54.8 Å². The van der Waals surface area contributed by atoms with Crippen LogP contribution in [0.5, 0.6) is 5.75 Å². The number of nitrogens with zero attached hydrogens (tertiary/aromatic N) is 2. The largest absolute Gasteiger partial charge is 0.507 e. The van der Waals surface area contributed by atoms with Gasteiger partial charge in [0.25, 0.3) is 0 Å². The molecule has 7 nitrogen and oxygen atoms in total. The van der Waals surface area contributed by atoms with Crippen molar-refractivity contribution < 1.29 is 24.9 Å². The van der Waals surface area contributed by atoms with Crippen LogP contribution < -0.4 is 0 Å². The summed E-state index contributed by atoms with van der Waals surface area (Å²) in [6, 6.07) is 14.6. The second-order valence-electron chi connectivity index (χ2n) is 10.5. The van der Waals surface area contributed by atoms with Crippen LogP contribution in [0.1, 0.15) is 48.7 Å². The quantitative estimate of drug-likeness (QED) is 0.191. The molecule has 3 N–H and O–H groups in total. The molecule has 214 valence electrons. The van der Waals surface area contributed by atoms with E-state index >= 15 is 0 Å². The maximum absolute atomic E-state index is 13.6. The van der Waals surface area contributed by atoms with Crippen molar-refractivity contribution in [2.45, 2.75) is 45.3 Å². The number of rotatable bonds is 10. The van der Waals surface area contributed by atoms with Gasteiger partial charge in [-0.05, 0) is 84.7 Å². The summed E-state index contributed by atoms with van der Waals surface area (Å²) < 4.78 is 0.825. The molecule has 9 heteroatoms. The number of amides is 2. The van der Waals surface area contributed by atoms with E-state index in [0.29, 0.717) is 36.8 Å². The number of hydrogen-bond acceptors (Lipinski definition) is 7. The summed E-state index contributed by atoms with van der Waals surface area (Å²) >= 11 is 4.96. The smallest absolute Gasteiger partial charge is 0.234 e. The number of allylic oxidation sites excluding steroid dienone is 2. The number of carbonyl (C=O) groups excluding carboxylic acids is 2. The number of phenolic OH excluding ortho intramolecular Hbond substituents is 1. The van der Waals surface area contributed by atoms with Crippen LogP contribution >= 0.6 is 27.3 Å². The predicted molar refractivity (Wildman–Crippen MR) is 163 cm³/mol. The molecule has 41 heavy (non-hydrogen) atoms. The fourth-order valence-electron chi connectivity index (χ4n) is 6.18. The third-order valence-electron chi connectivity index (χ3n) is 8.15. The average molecular weight is 638 g/mol. The SMILES string of the molecule is CCC1=C([C@H](O)CC/C(=C/c2cc(Br)ccc2O)c2ccccn2)[C@H](CO)[C@@H]2C(=O)N(Cc3cccs3)C(=O)[C@@H]2C1. The maximum atomic E-state index is 13.6. The summed E-state index contributed by atoms with van der Waals surface area (Å²) in [4.78, 5) is 33.7. The molecule has 1 saturated heterocycles. The molecule has 1 aromatic carbocycles. The average Bonchev–Trinajstić information content (AvgIpc) is 3.59. The number of halogens is 1. The van der Waals surface area contributed by atoms with E-state index in [1.54, 1.807) is 18.3 Å². The first-order valence-electron chi connectivity index (χ1n) is 13.8. The third kappa shape index (κ3) is 6.09. The lowest BCUT2D eigenvalue weighted by molar-refractivity contribution is -0.140. The molecule has 2 amide bonds. The van der Waals surface area contributed by atoms with E-state index in [0.717, 1.165) is 26.2 Å². The molecule has 4 atom stereocenters. The van der Waals surface area contributed by atoms with Gasteiger partial charge in [0.05, 0.1) is 36.8 Å². The van der Waals surface area contributed by atoms with Gasteiger partial charge in [-0.1, -0.05) is 40.6 Å². The number of hydrogen-bond donors (Lipinski definition) is 3. The fraction of sp³-hybridized carbons (Fsp3) is 0.344. The highest BCUT2D eigenvalue weighted by Gasteiger charge is 2.54. The number of aromatic hydroxyl groups is 1. The Labute approximate surface area is 252 Å². The number of benzene rings is 1. The zero-order valence-corrected chi connectivity index (χ0v) is 25.1. The number of pyridine rings is 1. The van der Waals surface area contributed by atoms with Crippen molar-refractivity contribution in [2.75, 3.05) is 6.61 Å². The lowest BCUT2D eigenvalue weighted by Gasteiger charge is -2.36. The highest BCUT2D eigenvalue weighted by molar-refractivity contribution is 9.10. The minimum Gasteiger partial charge on any atom is -0.507 e. The maximum Gasteiger partial charge on any atom is 0.234 e. The van der Waals surface area contributed by atoms with Gasteiger partial charge in [-0.15, -0.1) is 11.3 Å². The zero-order chi connectivity index (χ0) is 29.1. The summed E-state index contributed by atoms with van der Waals surface area (Å²) in [7, 11) is 0. The van der Waals surface area contributed by atoms with E-state index in [1.165, 1.54) is 16.2 Å². The monoisotopic (exact) mass is 636 g/mol. The van der Waals surface area contributed by atoms with Gasteiger partial charge in [0.2, 0.25) is 11.8 Å².